The number of nitrogens with zero attached hydrogens (tertiary/aromatic N) is 2. The van der Waals surface area contributed by atoms with E-state index in [9.17, 15) is 22.8 Å². The number of piperazine rings is 1. The van der Waals surface area contributed by atoms with Crippen molar-refractivity contribution < 1.29 is 27.2 Å². The van der Waals surface area contributed by atoms with Crippen LogP contribution < -0.4 is 5.43 Å². The average molecular weight is 471 g/mol. The van der Waals surface area contributed by atoms with Crippen LogP contribution >= 0.6 is 0 Å². The van der Waals surface area contributed by atoms with Gasteiger partial charge in [0.1, 0.15) is 5.58 Å². The molecule has 1 aromatic heterocycles. The van der Waals surface area contributed by atoms with E-state index in [1.807, 2.05) is 0 Å². The summed E-state index contributed by atoms with van der Waals surface area (Å²) in [6.45, 7) is 2.01. The standard InChI is InChI=1S/C23H22N2O7S/c1-16(31-23(28)21-15-19(26)18-9-5-6-10-20(18)32-21)22(27)24-11-13-25(14-12-24)33(29,30)17-7-3-2-4-8-17/h2-10,15-16H,11-14H2,1H3. The topological polar surface area (TPSA) is 114 Å². The molecule has 1 saturated heterocycles. The molecule has 1 unspecified atom stereocenters. The summed E-state index contributed by atoms with van der Waals surface area (Å²) < 4.78 is 37.5. The van der Waals surface area contributed by atoms with Gasteiger partial charge in [0.2, 0.25) is 15.8 Å². The Morgan fingerprint density at radius 3 is 2.30 bits per heavy atom. The van der Waals surface area contributed by atoms with Crippen LogP contribution in [0, 0.1) is 0 Å². The van der Waals surface area contributed by atoms with E-state index in [4.69, 9.17) is 9.15 Å². The van der Waals surface area contributed by atoms with E-state index in [0.29, 0.717) is 5.39 Å². The smallest absolute Gasteiger partial charge is 0.375 e. The number of amides is 1. The van der Waals surface area contributed by atoms with Gasteiger partial charge < -0.3 is 14.1 Å². The maximum Gasteiger partial charge on any atom is 0.375 e. The summed E-state index contributed by atoms with van der Waals surface area (Å²) in [6.07, 6.45) is -1.13. The van der Waals surface area contributed by atoms with Crippen LogP contribution in [0.15, 0.2) is 74.8 Å². The minimum Gasteiger partial charge on any atom is -0.449 e. The van der Waals surface area contributed by atoms with Gasteiger partial charge in [0, 0.05) is 32.2 Å². The number of rotatable bonds is 5. The van der Waals surface area contributed by atoms with E-state index in [-0.39, 0.29) is 42.4 Å². The molecule has 9 nitrogen and oxygen atoms in total. The molecule has 3 aromatic rings. The van der Waals surface area contributed by atoms with Crippen LogP contribution in [0.4, 0.5) is 0 Å². The molecule has 1 fully saturated rings. The van der Waals surface area contributed by atoms with Crippen LogP contribution in [0.1, 0.15) is 17.5 Å². The van der Waals surface area contributed by atoms with Gasteiger partial charge >= 0.3 is 5.97 Å². The van der Waals surface area contributed by atoms with E-state index in [1.54, 1.807) is 42.5 Å². The van der Waals surface area contributed by atoms with E-state index in [0.717, 1.165) is 6.07 Å². The Hall–Kier alpha value is -3.50. The number of sulfonamides is 1. The zero-order chi connectivity index (χ0) is 23.6. The number of hydrogen-bond donors (Lipinski definition) is 0. The Morgan fingerprint density at radius 2 is 1.61 bits per heavy atom. The monoisotopic (exact) mass is 470 g/mol. The fourth-order valence-electron chi connectivity index (χ4n) is 3.62. The first-order chi connectivity index (χ1) is 15.8. The van der Waals surface area contributed by atoms with Crippen molar-refractivity contribution in [2.45, 2.75) is 17.9 Å². The van der Waals surface area contributed by atoms with Gasteiger partial charge in [0.05, 0.1) is 10.3 Å². The van der Waals surface area contributed by atoms with Crippen LogP contribution in [0.2, 0.25) is 0 Å². The third-order valence-corrected chi connectivity index (χ3v) is 7.31. The lowest BCUT2D eigenvalue weighted by atomic mass is 10.2. The highest BCUT2D eigenvalue weighted by Crippen LogP contribution is 2.18. The minimum atomic E-state index is -3.64. The highest BCUT2D eigenvalue weighted by atomic mass is 32.2. The van der Waals surface area contributed by atoms with Crippen molar-refractivity contribution >= 4 is 32.9 Å². The number of carbonyl (C=O) groups excluding carboxylic acids is 2. The number of ether oxygens (including phenoxy) is 1. The van der Waals surface area contributed by atoms with Crippen LogP contribution in [0.25, 0.3) is 11.0 Å². The quantitative estimate of drug-likeness (QED) is 0.523. The molecule has 0 N–H and O–H groups in total. The molecule has 4 rings (SSSR count). The van der Waals surface area contributed by atoms with E-state index in [1.165, 1.54) is 28.3 Å². The second kappa shape index (κ2) is 9.16. The first-order valence-corrected chi connectivity index (χ1v) is 11.8. The van der Waals surface area contributed by atoms with Crippen LogP contribution in [-0.2, 0) is 19.6 Å². The van der Waals surface area contributed by atoms with Gasteiger partial charge in [-0.2, -0.15) is 4.31 Å². The fraction of sp³-hybridized carbons (Fsp3) is 0.261. The molecular formula is C23H22N2O7S. The SMILES string of the molecule is CC(OC(=O)c1cc(=O)c2ccccc2o1)C(=O)N1CCN(S(=O)(=O)c2ccccc2)CC1. The van der Waals surface area contributed by atoms with Crippen LogP contribution in [0.5, 0.6) is 0 Å². The normalized spacial score (nSPS) is 15.8. The maximum atomic E-state index is 12.8. The molecule has 1 amide bonds. The maximum absolute atomic E-state index is 12.8. The number of carbonyl (C=O) groups is 2. The van der Waals surface area contributed by atoms with Crippen LogP contribution in [-0.4, -0.2) is 61.8 Å². The summed E-state index contributed by atoms with van der Waals surface area (Å²) in [7, 11) is -3.64. The second-order valence-electron chi connectivity index (χ2n) is 7.56. The van der Waals surface area contributed by atoms with E-state index >= 15 is 0 Å². The van der Waals surface area contributed by atoms with Gasteiger partial charge in [-0.3, -0.25) is 9.59 Å². The summed E-state index contributed by atoms with van der Waals surface area (Å²) in [5, 5.41) is 0.335. The molecule has 1 aliphatic heterocycles. The Balaban J connectivity index is 1.38. The second-order valence-corrected chi connectivity index (χ2v) is 9.50. The largest absolute Gasteiger partial charge is 0.449 e. The molecule has 1 aliphatic rings. The predicted molar refractivity (Wildman–Crippen MR) is 119 cm³/mol. The Bertz CT molecular complexity index is 1340. The van der Waals surface area contributed by atoms with Gasteiger partial charge in [-0.25, -0.2) is 13.2 Å². The molecule has 0 saturated carbocycles. The molecule has 0 radical (unpaired) electrons. The first kappa shape index (κ1) is 22.7. The summed E-state index contributed by atoms with van der Waals surface area (Å²) in [4.78, 5) is 39.1. The summed E-state index contributed by atoms with van der Waals surface area (Å²) in [5.74, 6) is -1.68. The number of hydrogen-bond acceptors (Lipinski definition) is 7. The van der Waals surface area contributed by atoms with Gasteiger partial charge in [-0.05, 0) is 31.2 Å². The molecule has 0 aliphatic carbocycles. The molecule has 10 heteroatoms. The van der Waals surface area contributed by atoms with Gasteiger partial charge in [-0.15, -0.1) is 0 Å². The lowest BCUT2D eigenvalue weighted by molar-refractivity contribution is -0.141. The summed E-state index contributed by atoms with van der Waals surface area (Å²) in [6, 6.07) is 15.6. The molecule has 1 atom stereocenters. The molecule has 33 heavy (non-hydrogen) atoms. The number of fused-ring (bicyclic) bond motifs is 1. The molecule has 172 valence electrons. The minimum absolute atomic E-state index is 0.128. The number of esters is 1. The van der Waals surface area contributed by atoms with Crippen molar-refractivity contribution in [3.8, 4) is 0 Å². The van der Waals surface area contributed by atoms with Crippen molar-refractivity contribution in [2.75, 3.05) is 26.2 Å². The van der Waals surface area contributed by atoms with Gasteiger partial charge in [-0.1, -0.05) is 30.3 Å². The summed E-state index contributed by atoms with van der Waals surface area (Å²) in [5.41, 5.74) is -0.148. The molecule has 2 aromatic carbocycles. The average Bonchev–Trinajstić information content (AvgIpc) is 2.84. The van der Waals surface area contributed by atoms with Crippen LogP contribution in [0.3, 0.4) is 0 Å². The third kappa shape index (κ3) is 4.67. The zero-order valence-electron chi connectivity index (χ0n) is 17.8. The van der Waals surface area contributed by atoms with Crippen molar-refractivity contribution in [3.05, 3.63) is 76.6 Å². The lowest BCUT2D eigenvalue weighted by Crippen LogP contribution is -2.52. The van der Waals surface area contributed by atoms with Crippen molar-refractivity contribution in [1.29, 1.82) is 0 Å². The number of para-hydroxylation sites is 1. The predicted octanol–water partition coefficient (Wildman–Crippen LogP) is 1.87. The lowest BCUT2D eigenvalue weighted by Gasteiger charge is -2.35. The highest BCUT2D eigenvalue weighted by molar-refractivity contribution is 7.89. The molecule has 0 spiro atoms. The molecule has 2 heterocycles. The fourth-order valence-corrected chi connectivity index (χ4v) is 5.06. The van der Waals surface area contributed by atoms with E-state index < -0.39 is 33.4 Å². The van der Waals surface area contributed by atoms with Gasteiger partial charge in [0.25, 0.3) is 5.91 Å². The summed E-state index contributed by atoms with van der Waals surface area (Å²) >= 11 is 0. The van der Waals surface area contributed by atoms with Crippen molar-refractivity contribution in [2.24, 2.45) is 0 Å². The van der Waals surface area contributed by atoms with Gasteiger partial charge in [0.15, 0.2) is 11.5 Å². The van der Waals surface area contributed by atoms with E-state index in [2.05, 4.69) is 0 Å². The molecular weight excluding hydrogens is 448 g/mol. The molecule has 0 bridgehead atoms. The zero-order valence-corrected chi connectivity index (χ0v) is 18.7. The van der Waals surface area contributed by atoms with Crippen molar-refractivity contribution in [1.82, 2.24) is 9.21 Å². The third-order valence-electron chi connectivity index (χ3n) is 5.40. The Kier molecular flexibility index (Phi) is 6.30. The Morgan fingerprint density at radius 1 is 0.970 bits per heavy atom. The Labute approximate surface area is 190 Å². The van der Waals surface area contributed by atoms with Crippen molar-refractivity contribution in [3.63, 3.8) is 0 Å². The highest BCUT2D eigenvalue weighted by Gasteiger charge is 2.32. The first-order valence-electron chi connectivity index (χ1n) is 10.4. The number of benzene rings is 2.